The number of sulfonamides is 1. The van der Waals surface area contributed by atoms with E-state index in [0.29, 0.717) is 11.4 Å². The quantitative estimate of drug-likeness (QED) is 0.793. The summed E-state index contributed by atoms with van der Waals surface area (Å²) in [7, 11) is -3.47. The molecule has 0 aromatic heterocycles. The van der Waals surface area contributed by atoms with Crippen LogP contribution in [0.15, 0.2) is 29.2 Å². The van der Waals surface area contributed by atoms with Crippen LogP contribution in [-0.4, -0.2) is 25.8 Å². The van der Waals surface area contributed by atoms with Crippen molar-refractivity contribution in [3.8, 4) is 6.07 Å². The molecule has 0 heterocycles. The van der Waals surface area contributed by atoms with E-state index in [1.165, 1.54) is 4.31 Å². The van der Waals surface area contributed by atoms with Gasteiger partial charge >= 0.3 is 0 Å². The van der Waals surface area contributed by atoms with Crippen molar-refractivity contribution in [2.75, 3.05) is 13.1 Å². The second-order valence-electron chi connectivity index (χ2n) is 4.13. The van der Waals surface area contributed by atoms with Crippen LogP contribution < -0.4 is 0 Å². The van der Waals surface area contributed by atoms with Crippen LogP contribution in [0.4, 0.5) is 0 Å². The monoisotopic (exact) mass is 266 g/mol. The fourth-order valence-electron chi connectivity index (χ4n) is 1.64. The summed E-state index contributed by atoms with van der Waals surface area (Å²) in [5.41, 5.74) is 1.02. The Labute approximate surface area is 109 Å². The van der Waals surface area contributed by atoms with Gasteiger partial charge in [-0.3, -0.25) is 0 Å². The summed E-state index contributed by atoms with van der Waals surface area (Å²) in [5.74, 6) is 0. The van der Waals surface area contributed by atoms with Crippen molar-refractivity contribution in [3.05, 3.63) is 29.8 Å². The Hall–Kier alpha value is -1.38. The molecule has 4 nitrogen and oxygen atoms in total. The Bertz CT molecular complexity index is 515. The highest BCUT2D eigenvalue weighted by Crippen LogP contribution is 2.16. The molecule has 0 spiro atoms. The molecule has 0 aliphatic heterocycles. The first-order chi connectivity index (χ1) is 8.52. The van der Waals surface area contributed by atoms with Gasteiger partial charge in [0.25, 0.3) is 0 Å². The van der Waals surface area contributed by atoms with Gasteiger partial charge in [-0.15, -0.1) is 0 Å². The predicted octanol–water partition coefficient (Wildman–Crippen LogP) is 2.31. The van der Waals surface area contributed by atoms with Crippen molar-refractivity contribution in [1.29, 1.82) is 5.26 Å². The van der Waals surface area contributed by atoms with Crippen molar-refractivity contribution >= 4 is 10.0 Å². The molecule has 0 bridgehead atoms. The maximum atomic E-state index is 12.4. The third-order valence-electron chi connectivity index (χ3n) is 2.60. The van der Waals surface area contributed by atoms with Crippen molar-refractivity contribution < 1.29 is 8.42 Å². The molecule has 0 radical (unpaired) electrons. The first kappa shape index (κ1) is 14.7. The number of aryl methyl sites for hydroxylation is 1. The largest absolute Gasteiger partial charge is 0.243 e. The van der Waals surface area contributed by atoms with E-state index >= 15 is 0 Å². The maximum Gasteiger partial charge on any atom is 0.243 e. The van der Waals surface area contributed by atoms with E-state index in [9.17, 15) is 8.42 Å². The van der Waals surface area contributed by atoms with Gasteiger partial charge in [-0.25, -0.2) is 8.42 Å². The fraction of sp³-hybridized carbons (Fsp3) is 0.462. The van der Waals surface area contributed by atoms with Gasteiger partial charge in [-0.2, -0.15) is 9.57 Å². The molecule has 0 saturated heterocycles. The lowest BCUT2D eigenvalue weighted by atomic mass is 10.2. The lowest BCUT2D eigenvalue weighted by Gasteiger charge is -2.20. The van der Waals surface area contributed by atoms with Gasteiger partial charge in [-0.1, -0.05) is 24.6 Å². The standard InChI is InChI=1S/C13H18N2O2S/c1-3-10-15(11-4-9-14)18(16,17)13-7-5-12(2)6-8-13/h5-8H,3-4,10-11H2,1-2H3. The zero-order chi connectivity index (χ0) is 13.6. The number of hydrogen-bond donors (Lipinski definition) is 0. The average molecular weight is 266 g/mol. The van der Waals surface area contributed by atoms with Crippen molar-refractivity contribution in [3.63, 3.8) is 0 Å². The van der Waals surface area contributed by atoms with E-state index in [4.69, 9.17) is 5.26 Å². The Morgan fingerprint density at radius 2 is 1.83 bits per heavy atom. The minimum Gasteiger partial charge on any atom is -0.207 e. The number of nitriles is 1. The molecule has 1 aromatic rings. The number of benzene rings is 1. The number of nitrogens with zero attached hydrogens (tertiary/aromatic N) is 2. The molecular formula is C13H18N2O2S. The summed E-state index contributed by atoms with van der Waals surface area (Å²) in [6.07, 6.45) is 0.946. The molecule has 98 valence electrons. The lowest BCUT2D eigenvalue weighted by Crippen LogP contribution is -2.32. The Morgan fingerprint density at radius 1 is 1.22 bits per heavy atom. The summed E-state index contributed by atoms with van der Waals surface area (Å²) in [4.78, 5) is 0.291. The molecule has 1 aromatic carbocycles. The minimum absolute atomic E-state index is 0.213. The van der Waals surface area contributed by atoms with Gasteiger partial charge in [0.2, 0.25) is 10.0 Å². The zero-order valence-electron chi connectivity index (χ0n) is 10.8. The van der Waals surface area contributed by atoms with Crippen LogP contribution in [0.2, 0.25) is 0 Å². The highest BCUT2D eigenvalue weighted by molar-refractivity contribution is 7.89. The third-order valence-corrected chi connectivity index (χ3v) is 4.52. The van der Waals surface area contributed by atoms with Gasteiger partial charge in [-0.05, 0) is 25.5 Å². The molecular weight excluding hydrogens is 248 g/mol. The first-order valence-electron chi connectivity index (χ1n) is 5.96. The second kappa shape index (κ2) is 6.53. The van der Waals surface area contributed by atoms with Crippen LogP contribution in [0.3, 0.4) is 0 Å². The van der Waals surface area contributed by atoms with Gasteiger partial charge in [0.15, 0.2) is 0 Å². The van der Waals surface area contributed by atoms with Crippen LogP contribution in [0, 0.1) is 18.3 Å². The first-order valence-corrected chi connectivity index (χ1v) is 7.40. The summed E-state index contributed by atoms with van der Waals surface area (Å²) >= 11 is 0. The van der Waals surface area contributed by atoms with Crippen LogP contribution in [0.1, 0.15) is 25.3 Å². The molecule has 1 rings (SSSR count). The molecule has 5 heteroatoms. The lowest BCUT2D eigenvalue weighted by molar-refractivity contribution is 0.417. The molecule has 18 heavy (non-hydrogen) atoms. The molecule has 0 unspecified atom stereocenters. The van der Waals surface area contributed by atoms with Crippen LogP contribution in [0.25, 0.3) is 0 Å². The number of rotatable bonds is 6. The highest BCUT2D eigenvalue weighted by atomic mass is 32.2. The smallest absolute Gasteiger partial charge is 0.207 e. The summed E-state index contributed by atoms with van der Waals surface area (Å²) < 4.78 is 26.1. The molecule has 0 N–H and O–H groups in total. The van der Waals surface area contributed by atoms with E-state index in [2.05, 4.69) is 0 Å². The van der Waals surface area contributed by atoms with Crippen LogP contribution >= 0.6 is 0 Å². The van der Waals surface area contributed by atoms with Gasteiger partial charge < -0.3 is 0 Å². The van der Waals surface area contributed by atoms with Crippen molar-refractivity contribution in [2.24, 2.45) is 0 Å². The Balaban J connectivity index is 3.01. The average Bonchev–Trinajstić information content (AvgIpc) is 2.35. The second-order valence-corrected chi connectivity index (χ2v) is 6.06. The molecule has 0 atom stereocenters. The van der Waals surface area contributed by atoms with Gasteiger partial charge in [0.1, 0.15) is 0 Å². The third kappa shape index (κ3) is 3.56. The van der Waals surface area contributed by atoms with E-state index in [1.807, 2.05) is 19.9 Å². The van der Waals surface area contributed by atoms with E-state index in [0.717, 1.165) is 12.0 Å². The number of hydrogen-bond acceptors (Lipinski definition) is 3. The summed E-state index contributed by atoms with van der Waals surface area (Å²) in [5, 5.41) is 8.58. The summed E-state index contributed by atoms with van der Waals surface area (Å²) in [6, 6.07) is 8.76. The highest BCUT2D eigenvalue weighted by Gasteiger charge is 2.22. The van der Waals surface area contributed by atoms with Crippen molar-refractivity contribution in [1.82, 2.24) is 4.31 Å². The fourth-order valence-corrected chi connectivity index (χ4v) is 3.17. The van der Waals surface area contributed by atoms with E-state index < -0.39 is 10.0 Å². The molecule has 0 saturated carbocycles. The van der Waals surface area contributed by atoms with Gasteiger partial charge in [0.05, 0.1) is 11.0 Å². The van der Waals surface area contributed by atoms with Crippen molar-refractivity contribution in [2.45, 2.75) is 31.6 Å². The summed E-state index contributed by atoms with van der Waals surface area (Å²) in [6.45, 7) is 4.53. The van der Waals surface area contributed by atoms with Crippen LogP contribution in [0.5, 0.6) is 0 Å². The van der Waals surface area contributed by atoms with E-state index in [1.54, 1.807) is 24.3 Å². The molecule has 0 amide bonds. The Morgan fingerprint density at radius 3 is 2.33 bits per heavy atom. The SMILES string of the molecule is CCCN(CCC#N)S(=O)(=O)c1ccc(C)cc1. The molecule has 0 fully saturated rings. The Kier molecular flexibility index (Phi) is 5.32. The zero-order valence-corrected chi connectivity index (χ0v) is 11.6. The van der Waals surface area contributed by atoms with E-state index in [-0.39, 0.29) is 13.0 Å². The minimum atomic E-state index is -3.47. The van der Waals surface area contributed by atoms with Crippen LogP contribution in [-0.2, 0) is 10.0 Å². The molecule has 0 aliphatic rings. The normalized spacial score (nSPS) is 11.4. The topological polar surface area (TPSA) is 61.2 Å². The predicted molar refractivity (Wildman–Crippen MR) is 70.5 cm³/mol. The molecule has 0 aliphatic carbocycles. The van der Waals surface area contributed by atoms with Gasteiger partial charge in [0, 0.05) is 19.5 Å². The maximum absolute atomic E-state index is 12.4.